The molecule has 0 amide bonds. The summed E-state index contributed by atoms with van der Waals surface area (Å²) in [6.07, 6.45) is -28.6. The van der Waals surface area contributed by atoms with E-state index in [-0.39, 0.29) is 35.3 Å². The van der Waals surface area contributed by atoms with Gasteiger partial charge in [0.05, 0.1) is 0 Å². The van der Waals surface area contributed by atoms with Gasteiger partial charge in [-0.25, -0.2) is 0 Å². The van der Waals surface area contributed by atoms with Gasteiger partial charge in [-0.05, 0) is 36.4 Å². The summed E-state index contributed by atoms with van der Waals surface area (Å²) in [6.45, 7) is 0. The number of allylic oxidation sites excluding steroid dienone is 6. The molecule has 58 heavy (non-hydrogen) atoms. The minimum Gasteiger partial charge on any atom is -0.504 e. The Balaban J connectivity index is 0.000000833. The first kappa shape index (κ1) is 52.3. The number of aliphatic hydroxyl groups excluding tert-OH is 3. The number of ketones is 3. The largest absolute Gasteiger partial charge is 0.504 e. The van der Waals surface area contributed by atoms with Crippen molar-refractivity contribution in [3.8, 4) is 0 Å². The molecule has 3 heterocycles. The predicted molar refractivity (Wildman–Crippen MR) is 151 cm³/mol. The number of halogens is 18. The number of rotatable bonds is 6. The Morgan fingerprint density at radius 2 is 0.603 bits per heavy atom. The van der Waals surface area contributed by atoms with Gasteiger partial charge in [0.25, 0.3) is 0 Å². The number of pyridine rings is 3. The molecule has 3 rings (SSSR count). The molecule has 0 spiro atoms. The Bertz CT molecular complexity index is 1790. The van der Waals surface area contributed by atoms with E-state index in [0.29, 0.717) is 36.8 Å². The maximum atomic E-state index is 12.3. The van der Waals surface area contributed by atoms with E-state index in [1.807, 2.05) is 0 Å². The van der Waals surface area contributed by atoms with E-state index in [9.17, 15) is 93.4 Å². The van der Waals surface area contributed by atoms with Crippen molar-refractivity contribution in [3.05, 3.63) is 124 Å². The molecule has 0 radical (unpaired) electrons. The predicted octanol–water partition coefficient (Wildman–Crippen LogP) is 9.86. The summed E-state index contributed by atoms with van der Waals surface area (Å²) in [5, 5.41) is 25.6. The molecule has 3 N–H and O–H groups in total. The third-order valence-corrected chi connectivity index (χ3v) is 5.68. The van der Waals surface area contributed by atoms with Crippen molar-refractivity contribution >= 4 is 17.3 Å². The van der Waals surface area contributed by atoms with Crippen LogP contribution in [-0.4, -0.2) is 66.2 Å². The quantitative estimate of drug-likeness (QED) is 0.0722. The normalized spacial score (nSPS) is 13.2. The molecule has 0 saturated carbocycles. The molecular formula is C30H15F18FeN3O6. The summed E-state index contributed by atoms with van der Waals surface area (Å²) < 4.78 is 218. The maximum absolute atomic E-state index is 12.3. The van der Waals surface area contributed by atoms with Gasteiger partial charge >= 0.3 is 37.1 Å². The van der Waals surface area contributed by atoms with E-state index < -0.39 is 105 Å². The van der Waals surface area contributed by atoms with Crippen molar-refractivity contribution in [2.75, 3.05) is 0 Å². The molecule has 0 saturated heterocycles. The van der Waals surface area contributed by atoms with Gasteiger partial charge in [-0.1, -0.05) is 0 Å². The fourth-order valence-electron chi connectivity index (χ4n) is 3.08. The molecule has 28 heteroatoms. The first-order valence-electron chi connectivity index (χ1n) is 13.7. The van der Waals surface area contributed by atoms with Gasteiger partial charge in [0.15, 0.2) is 17.3 Å². The molecule has 0 aliphatic rings. The van der Waals surface area contributed by atoms with Crippen molar-refractivity contribution in [3.63, 3.8) is 0 Å². The van der Waals surface area contributed by atoms with Crippen molar-refractivity contribution in [1.29, 1.82) is 0 Å². The van der Waals surface area contributed by atoms with E-state index in [1.54, 1.807) is 0 Å². The molecule has 0 bridgehead atoms. The third-order valence-electron chi connectivity index (χ3n) is 5.68. The van der Waals surface area contributed by atoms with Crippen LogP contribution in [0, 0.1) is 0 Å². The standard InChI is InChI=1S/3C10H5F6NO2.Fe/c3*11-9(12,13)7-3-5(1-2-17-7)6(18)4-8(19)10(14,15)16;/h3*1-4,19H;/b3*8-4-;. The zero-order valence-electron chi connectivity index (χ0n) is 27.0. The van der Waals surface area contributed by atoms with Crippen LogP contribution in [0.1, 0.15) is 48.2 Å². The second-order valence-electron chi connectivity index (χ2n) is 9.96. The monoisotopic (exact) mass is 911 g/mol. The first-order chi connectivity index (χ1) is 25.5. The van der Waals surface area contributed by atoms with Crippen LogP contribution in [0.2, 0.25) is 0 Å². The van der Waals surface area contributed by atoms with Crippen LogP contribution in [0.4, 0.5) is 79.0 Å². The summed E-state index contributed by atoms with van der Waals surface area (Å²) in [5.74, 6) is -10.8. The number of hydrogen-bond acceptors (Lipinski definition) is 9. The second-order valence-corrected chi connectivity index (χ2v) is 9.96. The van der Waals surface area contributed by atoms with Gasteiger partial charge in [-0.15, -0.1) is 0 Å². The van der Waals surface area contributed by atoms with Crippen molar-refractivity contribution < 1.29 is 126 Å². The van der Waals surface area contributed by atoms with Crippen LogP contribution in [0.3, 0.4) is 0 Å². The molecule has 3 aromatic rings. The molecule has 0 aliphatic heterocycles. The summed E-state index contributed by atoms with van der Waals surface area (Å²) in [4.78, 5) is 42.6. The van der Waals surface area contributed by atoms with Crippen LogP contribution in [0.25, 0.3) is 0 Å². The number of hydrogen-bond donors (Lipinski definition) is 3. The molecular weight excluding hydrogens is 896 g/mol. The second kappa shape index (κ2) is 19.7. The molecule has 0 aromatic carbocycles. The molecule has 0 atom stereocenters. The Labute approximate surface area is 319 Å². The molecule has 0 aliphatic carbocycles. The average molecular weight is 911 g/mol. The summed E-state index contributed by atoms with van der Waals surface area (Å²) in [7, 11) is 0. The summed E-state index contributed by atoms with van der Waals surface area (Å²) in [5.41, 5.74) is -6.26. The van der Waals surface area contributed by atoms with Crippen LogP contribution >= 0.6 is 0 Å². The summed E-state index contributed by atoms with van der Waals surface area (Å²) in [6, 6.07) is 3.29. The van der Waals surface area contributed by atoms with Gasteiger partial charge in [0.2, 0.25) is 17.3 Å². The SMILES string of the molecule is O=C(/C=C(\O)C(F)(F)F)c1ccnc(C(F)(F)F)c1.O=C(/C=C(\O)C(F)(F)F)c1ccnc(C(F)(F)F)c1.O=C(/C=C(\O)C(F)(F)F)c1ccnc(C(F)(F)F)c1.[Fe]. The van der Waals surface area contributed by atoms with Crippen LogP contribution in [0.5, 0.6) is 0 Å². The van der Waals surface area contributed by atoms with Gasteiger partial charge in [-0.2, -0.15) is 79.0 Å². The topological polar surface area (TPSA) is 151 Å². The number of carbonyl (C=O) groups is 3. The van der Waals surface area contributed by atoms with Crippen LogP contribution < -0.4 is 0 Å². The van der Waals surface area contributed by atoms with Crippen molar-refractivity contribution in [2.24, 2.45) is 0 Å². The Kier molecular flexibility index (Phi) is 17.7. The molecule has 0 fully saturated rings. The molecule has 320 valence electrons. The Morgan fingerprint density at radius 3 is 0.759 bits per heavy atom. The first-order valence-corrected chi connectivity index (χ1v) is 13.7. The number of aliphatic hydroxyl groups is 3. The van der Waals surface area contributed by atoms with Crippen LogP contribution in [-0.2, 0) is 35.6 Å². The minimum absolute atomic E-state index is 0. The van der Waals surface area contributed by atoms with E-state index >= 15 is 0 Å². The van der Waals surface area contributed by atoms with Gasteiger partial charge in [0.1, 0.15) is 17.1 Å². The van der Waals surface area contributed by atoms with E-state index in [2.05, 4.69) is 15.0 Å². The van der Waals surface area contributed by atoms with E-state index in [4.69, 9.17) is 15.3 Å². The fraction of sp³-hybridized carbons (Fsp3) is 0.200. The summed E-state index contributed by atoms with van der Waals surface area (Å²) >= 11 is 0. The average Bonchev–Trinajstić information content (AvgIpc) is 3.06. The minimum atomic E-state index is -5.14. The number of nitrogens with zero attached hydrogens (tertiary/aromatic N) is 3. The number of alkyl halides is 18. The maximum Gasteiger partial charge on any atom is 0.448 e. The molecule has 9 nitrogen and oxygen atoms in total. The van der Waals surface area contributed by atoms with Gasteiger partial charge < -0.3 is 15.3 Å². The molecule has 3 aromatic heterocycles. The van der Waals surface area contributed by atoms with E-state index in [0.717, 1.165) is 18.2 Å². The fourth-order valence-corrected chi connectivity index (χ4v) is 3.08. The van der Waals surface area contributed by atoms with Crippen molar-refractivity contribution in [1.82, 2.24) is 15.0 Å². The molecule has 0 unspecified atom stereocenters. The number of carbonyl (C=O) groups excluding carboxylic acids is 3. The zero-order valence-corrected chi connectivity index (χ0v) is 28.1. The smallest absolute Gasteiger partial charge is 0.448 e. The van der Waals surface area contributed by atoms with E-state index in [1.165, 1.54) is 0 Å². The van der Waals surface area contributed by atoms with Crippen molar-refractivity contribution in [2.45, 2.75) is 37.1 Å². The van der Waals surface area contributed by atoms with Crippen LogP contribution in [0.15, 0.2) is 90.5 Å². The third kappa shape index (κ3) is 17.2. The van der Waals surface area contributed by atoms with Gasteiger partial charge in [0, 0.05) is 70.6 Å². The zero-order chi connectivity index (χ0) is 44.5. The Hall–Kier alpha value is -5.66. The van der Waals surface area contributed by atoms with Gasteiger partial charge in [-0.3, -0.25) is 29.3 Å². The number of aromatic nitrogens is 3. The Morgan fingerprint density at radius 1 is 0.414 bits per heavy atom.